The van der Waals surface area contributed by atoms with Crippen LogP contribution in [0.1, 0.15) is 19.3 Å². The molecule has 4 rings (SSSR count). The Bertz CT molecular complexity index is 721. The average molecular weight is 372 g/mol. The molecule has 10 nitrogen and oxygen atoms in total. The third-order valence-electron chi connectivity index (χ3n) is 5.26. The first-order valence-corrected chi connectivity index (χ1v) is 8.17. The van der Waals surface area contributed by atoms with Crippen LogP contribution in [0.2, 0.25) is 0 Å². The number of carbonyl (C=O) groups is 4. The van der Waals surface area contributed by atoms with Gasteiger partial charge in [0.25, 0.3) is 5.91 Å². The molecule has 3 heterocycles. The van der Waals surface area contributed by atoms with E-state index >= 15 is 0 Å². The number of nitrogens with two attached hydrogens (primary N) is 1. The van der Waals surface area contributed by atoms with Gasteiger partial charge >= 0.3 is 41.7 Å². The minimum atomic E-state index is -1.50. The molecule has 2 saturated heterocycles. The smallest absolute Gasteiger partial charge is 0.543 e. The largest absolute Gasteiger partial charge is 1.00 e. The molecular formula is C15H17N4NaO6. The van der Waals surface area contributed by atoms with E-state index in [1.54, 1.807) is 0 Å². The zero-order chi connectivity index (χ0) is 17.9. The number of aliphatic carboxylic acids is 1. The molecule has 3 aliphatic heterocycles. The number of carbonyl (C=O) groups excluding carboxylic acids is 4. The fraction of sp³-hybridized carbons (Fsp3) is 0.600. The van der Waals surface area contributed by atoms with Crippen LogP contribution in [0.5, 0.6) is 0 Å². The molecule has 134 valence electrons. The van der Waals surface area contributed by atoms with Crippen molar-refractivity contribution in [3.8, 4) is 0 Å². The van der Waals surface area contributed by atoms with Gasteiger partial charge in [0.1, 0.15) is 12.6 Å². The first-order valence-electron chi connectivity index (χ1n) is 8.17. The molecule has 0 bridgehead atoms. The molecule has 0 spiro atoms. The monoisotopic (exact) mass is 372 g/mol. The summed E-state index contributed by atoms with van der Waals surface area (Å²) in [6.45, 7) is 0.0228. The van der Waals surface area contributed by atoms with Crippen LogP contribution < -0.4 is 45.7 Å². The summed E-state index contributed by atoms with van der Waals surface area (Å²) in [7, 11) is 0. The Balaban J connectivity index is 0.00000196. The van der Waals surface area contributed by atoms with Gasteiger partial charge in [0.15, 0.2) is 0 Å². The van der Waals surface area contributed by atoms with E-state index in [2.05, 4.69) is 5.32 Å². The van der Waals surface area contributed by atoms with Gasteiger partial charge in [-0.1, -0.05) is 0 Å². The summed E-state index contributed by atoms with van der Waals surface area (Å²) in [6.07, 6.45) is 1.31. The van der Waals surface area contributed by atoms with Crippen molar-refractivity contribution < 1.29 is 58.6 Å². The Hall–Kier alpha value is -1.78. The molecule has 0 aromatic heterocycles. The van der Waals surface area contributed by atoms with Crippen molar-refractivity contribution in [3.63, 3.8) is 0 Å². The molecule has 4 aliphatic rings. The first-order chi connectivity index (χ1) is 11.9. The van der Waals surface area contributed by atoms with Crippen LogP contribution in [-0.2, 0) is 14.3 Å². The van der Waals surface area contributed by atoms with Crippen molar-refractivity contribution >= 4 is 24.0 Å². The van der Waals surface area contributed by atoms with Crippen LogP contribution in [0.4, 0.5) is 9.59 Å². The summed E-state index contributed by atoms with van der Waals surface area (Å²) in [5, 5.41) is 14.4. The number of urea groups is 1. The van der Waals surface area contributed by atoms with Gasteiger partial charge in [0.2, 0.25) is 0 Å². The normalized spacial score (nSPS) is 28.8. The van der Waals surface area contributed by atoms with Gasteiger partial charge in [-0.15, -0.1) is 0 Å². The molecule has 0 aromatic rings. The molecule has 11 heteroatoms. The second-order valence-electron chi connectivity index (χ2n) is 6.73. The van der Waals surface area contributed by atoms with Gasteiger partial charge in [-0.2, -0.15) is 0 Å². The van der Waals surface area contributed by atoms with E-state index in [1.165, 1.54) is 4.90 Å². The molecule has 4 amide bonds. The van der Waals surface area contributed by atoms with E-state index in [1.807, 2.05) is 0 Å². The molecule has 0 radical (unpaired) electrons. The SMILES string of the molecule is NC(=O)OCC1=C(C(=O)[O-])N2C(=O)[C@@H]3[C@H]2C1CCN3C(=O)NC1CC1.[Na+]. The summed E-state index contributed by atoms with van der Waals surface area (Å²) in [6, 6.07) is -1.28. The van der Waals surface area contributed by atoms with Crippen LogP contribution >= 0.6 is 0 Å². The number of amides is 4. The van der Waals surface area contributed by atoms with Crippen molar-refractivity contribution in [3.05, 3.63) is 11.3 Å². The summed E-state index contributed by atoms with van der Waals surface area (Å²) < 4.78 is 4.75. The predicted octanol–water partition coefficient (Wildman–Crippen LogP) is -5.12. The van der Waals surface area contributed by atoms with Crippen LogP contribution in [0, 0.1) is 5.92 Å². The number of β-lactam (4-membered cyclic amide) rings is 1. The standard InChI is InChI=1S/C15H18N4O6.Na/c16-14(23)25-5-8-7-3-4-18(15(24)17-6-1-2-6)11-9(7)19(12(11)20)10(8)13(21)22;/h6-7,9,11H,1-5H2,(H2,16,23)(H,17,24)(H,21,22);/q;+1/p-1/t7?,9-,11+;/m1./s1. The zero-order valence-electron chi connectivity index (χ0n) is 14.3. The van der Waals surface area contributed by atoms with Crippen molar-refractivity contribution in [1.29, 1.82) is 0 Å². The number of likely N-dealkylation sites (tertiary alicyclic amines) is 1. The van der Waals surface area contributed by atoms with E-state index in [0.717, 1.165) is 17.7 Å². The molecule has 3 fully saturated rings. The fourth-order valence-electron chi connectivity index (χ4n) is 4.04. The molecule has 0 aromatic carbocycles. The van der Waals surface area contributed by atoms with Gasteiger partial charge in [-0.05, 0) is 24.8 Å². The number of nitrogens with one attached hydrogen (secondary N) is 1. The number of nitrogens with zero attached hydrogens (tertiary/aromatic N) is 2. The molecule has 3 atom stereocenters. The van der Waals surface area contributed by atoms with Crippen molar-refractivity contribution in [1.82, 2.24) is 15.1 Å². The van der Waals surface area contributed by atoms with Gasteiger partial charge in [-0.25, -0.2) is 9.59 Å². The molecular weight excluding hydrogens is 355 g/mol. The molecule has 1 aliphatic carbocycles. The van der Waals surface area contributed by atoms with Crippen molar-refractivity contribution in [2.45, 2.75) is 37.4 Å². The third kappa shape index (κ3) is 2.85. The number of carboxylic acids is 1. The van der Waals surface area contributed by atoms with Crippen molar-refractivity contribution in [2.24, 2.45) is 11.7 Å². The quantitative estimate of drug-likeness (QED) is 0.373. The second-order valence-corrected chi connectivity index (χ2v) is 6.73. The fourth-order valence-corrected chi connectivity index (χ4v) is 4.04. The van der Waals surface area contributed by atoms with Gasteiger partial charge in [0, 0.05) is 18.5 Å². The number of carboxylic acid groups (broad SMARTS) is 1. The summed E-state index contributed by atoms with van der Waals surface area (Å²) in [5.41, 5.74) is 5.02. The minimum absolute atomic E-state index is 0. The topological polar surface area (TPSA) is 145 Å². The molecule has 26 heavy (non-hydrogen) atoms. The van der Waals surface area contributed by atoms with Crippen molar-refractivity contribution in [2.75, 3.05) is 13.2 Å². The van der Waals surface area contributed by atoms with Gasteiger partial charge < -0.3 is 35.5 Å². The number of hydrogen-bond donors (Lipinski definition) is 2. The maximum absolute atomic E-state index is 12.5. The summed E-state index contributed by atoms with van der Waals surface area (Å²) >= 11 is 0. The molecule has 1 unspecified atom stereocenters. The molecule has 1 saturated carbocycles. The second kappa shape index (κ2) is 6.75. The molecule has 3 N–H and O–H groups in total. The number of piperidine rings is 1. The van der Waals surface area contributed by atoms with Crippen LogP contribution in [0.15, 0.2) is 11.3 Å². The predicted molar refractivity (Wildman–Crippen MR) is 78.4 cm³/mol. The van der Waals surface area contributed by atoms with E-state index in [4.69, 9.17) is 10.5 Å². The number of primary amides is 1. The van der Waals surface area contributed by atoms with Crippen LogP contribution in [0.3, 0.4) is 0 Å². The van der Waals surface area contributed by atoms with E-state index < -0.39 is 30.1 Å². The maximum Gasteiger partial charge on any atom is 1.00 e. The van der Waals surface area contributed by atoms with Gasteiger partial charge in [-0.3, -0.25) is 4.79 Å². The Labute approximate surface area is 171 Å². The number of rotatable bonds is 4. The summed E-state index contributed by atoms with van der Waals surface area (Å²) in [5.74, 6) is -2.24. The average Bonchev–Trinajstić information content (AvgIpc) is 3.30. The first kappa shape index (κ1) is 19.0. The van der Waals surface area contributed by atoms with Crippen LogP contribution in [-0.4, -0.2) is 65.1 Å². The van der Waals surface area contributed by atoms with E-state index in [9.17, 15) is 24.3 Å². The van der Waals surface area contributed by atoms with Gasteiger partial charge in [0.05, 0.1) is 17.7 Å². The Morgan fingerprint density at radius 2 is 1.96 bits per heavy atom. The Morgan fingerprint density at radius 3 is 2.54 bits per heavy atom. The Morgan fingerprint density at radius 1 is 1.27 bits per heavy atom. The van der Waals surface area contributed by atoms with E-state index in [-0.39, 0.29) is 59.9 Å². The minimum Gasteiger partial charge on any atom is -0.543 e. The Kier molecular flexibility index (Phi) is 4.93. The third-order valence-corrected chi connectivity index (χ3v) is 5.26. The van der Waals surface area contributed by atoms with Crippen LogP contribution in [0.25, 0.3) is 0 Å². The number of ether oxygens (including phenoxy) is 1. The summed E-state index contributed by atoms with van der Waals surface area (Å²) in [4.78, 5) is 49.9. The number of hydrogen-bond acceptors (Lipinski definition) is 6. The zero-order valence-corrected chi connectivity index (χ0v) is 16.3. The maximum atomic E-state index is 12.5. The van der Waals surface area contributed by atoms with E-state index in [0.29, 0.717) is 18.5 Å².